The Balaban J connectivity index is 0.00000576. The van der Waals surface area contributed by atoms with E-state index in [1.807, 2.05) is 38.1 Å². The molecule has 1 aromatic rings. The molecular weight excluding hydrogens is 499 g/mol. The summed E-state index contributed by atoms with van der Waals surface area (Å²) in [4.78, 5) is 17.9. The number of nitrogens with one attached hydrogen (secondary N) is 2. The van der Waals surface area contributed by atoms with E-state index in [0.717, 1.165) is 10.0 Å². The van der Waals surface area contributed by atoms with Crippen LogP contribution in [0.1, 0.15) is 19.4 Å². The van der Waals surface area contributed by atoms with Crippen LogP contribution in [0.5, 0.6) is 0 Å². The second-order valence-electron chi connectivity index (χ2n) is 6.25. The minimum atomic E-state index is -0.328. The molecule has 142 valence electrons. The van der Waals surface area contributed by atoms with Gasteiger partial charge >= 0.3 is 0 Å². The summed E-state index contributed by atoms with van der Waals surface area (Å²) in [5, 5.41) is 6.28. The van der Waals surface area contributed by atoms with Gasteiger partial charge in [0.1, 0.15) is 0 Å². The zero-order valence-electron chi connectivity index (χ0n) is 15.4. The highest BCUT2D eigenvalue weighted by molar-refractivity contribution is 14.0. The first-order valence-electron chi connectivity index (χ1n) is 7.75. The predicted molar refractivity (Wildman–Crippen MR) is 116 cm³/mol. The molecule has 0 aliphatic carbocycles. The van der Waals surface area contributed by atoms with Crippen molar-refractivity contribution in [3.63, 3.8) is 0 Å². The van der Waals surface area contributed by atoms with E-state index in [1.165, 1.54) is 0 Å². The SMILES string of the molecule is COC(C)(C)CNC(=NCc1ccc(Br)cc1)NCC(=O)N(C)C.I. The number of likely N-dealkylation sites (N-methyl/N-ethyl adjacent to an activating group) is 1. The number of benzene rings is 1. The molecule has 0 radical (unpaired) electrons. The number of carbonyl (C=O) groups excluding carboxylic acids is 1. The molecular formula is C17H28BrIN4O2. The van der Waals surface area contributed by atoms with Crippen LogP contribution in [0.3, 0.4) is 0 Å². The van der Waals surface area contributed by atoms with Crippen molar-refractivity contribution in [1.82, 2.24) is 15.5 Å². The van der Waals surface area contributed by atoms with Gasteiger partial charge in [0.05, 0.1) is 18.7 Å². The Morgan fingerprint density at radius 1 is 1.24 bits per heavy atom. The molecule has 0 aromatic heterocycles. The van der Waals surface area contributed by atoms with Crippen molar-refractivity contribution in [1.29, 1.82) is 0 Å². The van der Waals surface area contributed by atoms with E-state index in [2.05, 4.69) is 31.6 Å². The Bertz CT molecular complexity index is 562. The molecule has 0 saturated carbocycles. The summed E-state index contributed by atoms with van der Waals surface area (Å²) in [5.74, 6) is 0.567. The monoisotopic (exact) mass is 526 g/mol. The Labute approximate surface area is 175 Å². The number of guanidine groups is 1. The molecule has 1 amide bonds. The molecule has 0 aliphatic heterocycles. The first kappa shape index (κ1) is 24.1. The number of carbonyl (C=O) groups is 1. The number of rotatable bonds is 7. The third-order valence-electron chi connectivity index (χ3n) is 3.47. The maximum atomic E-state index is 11.8. The molecule has 0 saturated heterocycles. The maximum Gasteiger partial charge on any atom is 0.241 e. The maximum absolute atomic E-state index is 11.8. The zero-order valence-corrected chi connectivity index (χ0v) is 19.3. The van der Waals surface area contributed by atoms with Gasteiger partial charge in [-0.3, -0.25) is 4.79 Å². The third kappa shape index (κ3) is 10.0. The Morgan fingerprint density at radius 3 is 2.36 bits per heavy atom. The Kier molecular flexibility index (Phi) is 11.3. The molecule has 0 atom stereocenters. The molecule has 1 aromatic carbocycles. The second kappa shape index (κ2) is 11.7. The summed E-state index contributed by atoms with van der Waals surface area (Å²) in [6.45, 7) is 5.25. The van der Waals surface area contributed by atoms with Crippen molar-refractivity contribution in [2.75, 3.05) is 34.3 Å². The van der Waals surface area contributed by atoms with Gasteiger partial charge in [-0.15, -0.1) is 24.0 Å². The number of aliphatic imine (C=N–C) groups is 1. The van der Waals surface area contributed by atoms with Gasteiger partial charge in [-0.2, -0.15) is 0 Å². The van der Waals surface area contributed by atoms with E-state index in [4.69, 9.17) is 4.74 Å². The van der Waals surface area contributed by atoms with E-state index < -0.39 is 0 Å². The normalized spacial score (nSPS) is 11.5. The molecule has 0 unspecified atom stereocenters. The molecule has 0 heterocycles. The number of hydrogen-bond donors (Lipinski definition) is 2. The molecule has 8 heteroatoms. The standard InChI is InChI=1S/C17H27BrN4O2.HI/c1-17(2,24-5)12-21-16(20-11-15(23)22(3)4)19-10-13-6-8-14(18)9-7-13;/h6-9H,10-12H2,1-5H3,(H2,19,20,21);1H. The van der Waals surface area contributed by atoms with Crippen LogP contribution in [0.15, 0.2) is 33.7 Å². The highest BCUT2D eigenvalue weighted by Crippen LogP contribution is 2.11. The van der Waals surface area contributed by atoms with Crippen LogP contribution in [0.4, 0.5) is 0 Å². The molecule has 25 heavy (non-hydrogen) atoms. The van der Waals surface area contributed by atoms with Crippen molar-refractivity contribution in [2.45, 2.75) is 26.0 Å². The summed E-state index contributed by atoms with van der Waals surface area (Å²) in [6, 6.07) is 7.98. The fraction of sp³-hybridized carbons (Fsp3) is 0.529. The van der Waals surface area contributed by atoms with Crippen molar-refractivity contribution >= 4 is 51.8 Å². The van der Waals surface area contributed by atoms with Gasteiger partial charge in [-0.1, -0.05) is 28.1 Å². The smallest absolute Gasteiger partial charge is 0.241 e. The first-order valence-corrected chi connectivity index (χ1v) is 8.55. The minimum absolute atomic E-state index is 0. The average molecular weight is 527 g/mol. The van der Waals surface area contributed by atoms with Crippen LogP contribution >= 0.6 is 39.9 Å². The van der Waals surface area contributed by atoms with E-state index in [-0.39, 0.29) is 42.0 Å². The molecule has 0 bridgehead atoms. The van der Waals surface area contributed by atoms with Crippen molar-refractivity contribution in [3.05, 3.63) is 34.3 Å². The fourth-order valence-electron chi connectivity index (χ4n) is 1.62. The van der Waals surface area contributed by atoms with Gasteiger partial charge in [-0.05, 0) is 31.5 Å². The number of methoxy groups -OCH3 is 1. The van der Waals surface area contributed by atoms with Crippen LogP contribution in [-0.2, 0) is 16.1 Å². The van der Waals surface area contributed by atoms with Gasteiger partial charge in [0, 0.05) is 32.2 Å². The zero-order chi connectivity index (χ0) is 18.2. The highest BCUT2D eigenvalue weighted by atomic mass is 127. The Morgan fingerprint density at radius 2 is 1.84 bits per heavy atom. The second-order valence-corrected chi connectivity index (χ2v) is 7.17. The minimum Gasteiger partial charge on any atom is -0.377 e. The van der Waals surface area contributed by atoms with E-state index in [0.29, 0.717) is 19.0 Å². The van der Waals surface area contributed by atoms with Gasteiger partial charge in [0.15, 0.2) is 5.96 Å². The van der Waals surface area contributed by atoms with E-state index in [9.17, 15) is 4.79 Å². The number of ether oxygens (including phenoxy) is 1. The van der Waals surface area contributed by atoms with Crippen molar-refractivity contribution in [2.24, 2.45) is 4.99 Å². The van der Waals surface area contributed by atoms with Gasteiger partial charge in [0.2, 0.25) is 5.91 Å². The van der Waals surface area contributed by atoms with Crippen LogP contribution in [0, 0.1) is 0 Å². The topological polar surface area (TPSA) is 66.0 Å². The molecule has 0 spiro atoms. The summed E-state index contributed by atoms with van der Waals surface area (Å²) in [7, 11) is 5.12. The molecule has 0 fully saturated rings. The molecule has 6 nitrogen and oxygen atoms in total. The van der Waals surface area contributed by atoms with Crippen LogP contribution in [0.2, 0.25) is 0 Å². The average Bonchev–Trinajstić information content (AvgIpc) is 2.55. The lowest BCUT2D eigenvalue weighted by Gasteiger charge is -2.24. The van der Waals surface area contributed by atoms with Crippen LogP contribution in [-0.4, -0.2) is 56.7 Å². The lowest BCUT2D eigenvalue weighted by molar-refractivity contribution is -0.127. The highest BCUT2D eigenvalue weighted by Gasteiger charge is 2.17. The summed E-state index contributed by atoms with van der Waals surface area (Å²) < 4.78 is 6.43. The van der Waals surface area contributed by atoms with Crippen LogP contribution < -0.4 is 10.6 Å². The lowest BCUT2D eigenvalue weighted by Crippen LogP contribution is -2.47. The summed E-state index contributed by atoms with van der Waals surface area (Å²) in [5.41, 5.74) is 0.759. The molecule has 0 aliphatic rings. The van der Waals surface area contributed by atoms with E-state index in [1.54, 1.807) is 26.1 Å². The van der Waals surface area contributed by atoms with Crippen LogP contribution in [0.25, 0.3) is 0 Å². The third-order valence-corrected chi connectivity index (χ3v) is 4.00. The summed E-state index contributed by atoms with van der Waals surface area (Å²) >= 11 is 3.42. The fourth-order valence-corrected chi connectivity index (χ4v) is 1.88. The van der Waals surface area contributed by atoms with Crippen molar-refractivity contribution in [3.8, 4) is 0 Å². The number of hydrogen-bond acceptors (Lipinski definition) is 3. The predicted octanol–water partition coefficient (Wildman–Crippen LogP) is 2.62. The first-order chi connectivity index (χ1) is 11.2. The van der Waals surface area contributed by atoms with Gasteiger partial charge in [-0.25, -0.2) is 4.99 Å². The van der Waals surface area contributed by atoms with Gasteiger partial charge in [0.25, 0.3) is 0 Å². The quantitative estimate of drug-likeness (QED) is 0.325. The van der Waals surface area contributed by atoms with Crippen molar-refractivity contribution < 1.29 is 9.53 Å². The molecule has 1 rings (SSSR count). The lowest BCUT2D eigenvalue weighted by atomic mass is 10.1. The van der Waals surface area contributed by atoms with Gasteiger partial charge < -0.3 is 20.3 Å². The summed E-state index contributed by atoms with van der Waals surface area (Å²) in [6.07, 6.45) is 0. The number of halogens is 2. The number of amides is 1. The molecule has 2 N–H and O–H groups in total. The number of nitrogens with zero attached hydrogens (tertiary/aromatic N) is 2. The van der Waals surface area contributed by atoms with E-state index >= 15 is 0 Å². The Hall–Kier alpha value is -0.870. The largest absolute Gasteiger partial charge is 0.377 e.